The van der Waals surface area contributed by atoms with Gasteiger partial charge in [0, 0.05) is 49.0 Å². The minimum atomic E-state index is 0.0357. The zero-order valence-electron chi connectivity index (χ0n) is 18.4. The smallest absolute Gasteiger partial charge is 0.270 e. The van der Waals surface area contributed by atoms with Gasteiger partial charge in [-0.3, -0.25) is 9.79 Å². The van der Waals surface area contributed by atoms with Gasteiger partial charge in [-0.05, 0) is 57.1 Å². The molecule has 8 nitrogen and oxygen atoms in total. The number of aliphatic imine (C=N–C) groups is 1. The minimum absolute atomic E-state index is 0.0357. The number of piperazine rings is 1. The molecule has 1 aliphatic heterocycles. The maximum atomic E-state index is 12.9. The number of likely N-dealkylation sites (N-methyl/N-ethyl adjacent to an activating group) is 1. The summed E-state index contributed by atoms with van der Waals surface area (Å²) >= 11 is 0. The van der Waals surface area contributed by atoms with Crippen molar-refractivity contribution in [2.45, 2.75) is 6.92 Å². The number of nitrogens with one attached hydrogen (secondary N) is 2. The van der Waals surface area contributed by atoms with E-state index >= 15 is 0 Å². The number of carbonyl (C=O) groups is 1. The second kappa shape index (κ2) is 9.15. The molecule has 1 amide bonds. The number of nitrogens with zero attached hydrogens (tertiary/aromatic N) is 5. The van der Waals surface area contributed by atoms with E-state index in [9.17, 15) is 4.79 Å². The molecular weight excluding hydrogens is 402 g/mol. The molecule has 0 bridgehead atoms. The van der Waals surface area contributed by atoms with E-state index in [-0.39, 0.29) is 5.91 Å². The van der Waals surface area contributed by atoms with Crippen molar-refractivity contribution in [1.29, 1.82) is 0 Å². The first kappa shape index (κ1) is 21.5. The number of aromatic amines is 1. The summed E-state index contributed by atoms with van der Waals surface area (Å²) < 4.78 is 0. The van der Waals surface area contributed by atoms with E-state index in [1.54, 1.807) is 12.3 Å². The van der Waals surface area contributed by atoms with E-state index in [1.165, 1.54) is 0 Å². The highest BCUT2D eigenvalue weighted by Crippen LogP contribution is 2.24. The van der Waals surface area contributed by atoms with E-state index in [1.807, 2.05) is 42.2 Å². The Kier molecular flexibility index (Phi) is 6.13. The number of anilines is 2. The third-order valence-corrected chi connectivity index (χ3v) is 5.37. The Morgan fingerprint density at radius 1 is 1.22 bits per heavy atom. The van der Waals surface area contributed by atoms with Crippen molar-refractivity contribution in [3.8, 4) is 0 Å². The van der Waals surface area contributed by atoms with E-state index in [4.69, 9.17) is 0 Å². The number of amides is 1. The molecule has 1 fully saturated rings. The lowest BCUT2D eigenvalue weighted by atomic mass is 10.2. The molecule has 0 radical (unpaired) electrons. The topological polar surface area (TPSA) is 89.5 Å². The molecule has 164 valence electrons. The largest absolute Gasteiger partial charge is 0.351 e. The quantitative estimate of drug-likeness (QED) is 0.461. The molecule has 2 N–H and O–H groups in total. The van der Waals surface area contributed by atoms with E-state index in [2.05, 4.69) is 50.5 Å². The Morgan fingerprint density at radius 3 is 2.72 bits per heavy atom. The van der Waals surface area contributed by atoms with Crippen LogP contribution < -0.4 is 5.32 Å². The summed E-state index contributed by atoms with van der Waals surface area (Å²) in [5.41, 5.74) is 4.49. The van der Waals surface area contributed by atoms with Crippen LogP contribution >= 0.6 is 0 Å². The second-order valence-corrected chi connectivity index (χ2v) is 8.01. The fourth-order valence-corrected chi connectivity index (χ4v) is 3.63. The molecule has 1 aromatic carbocycles. The molecule has 1 aliphatic rings. The van der Waals surface area contributed by atoms with Gasteiger partial charge in [0.25, 0.3) is 5.91 Å². The average molecular weight is 430 g/mol. The highest BCUT2D eigenvalue weighted by atomic mass is 16.2. The fraction of sp³-hybridized carbons (Fsp3) is 0.250. The van der Waals surface area contributed by atoms with Gasteiger partial charge in [-0.25, -0.2) is 9.97 Å². The minimum Gasteiger partial charge on any atom is -0.351 e. The molecule has 8 heteroatoms. The number of H-pyrrole nitrogens is 1. The van der Waals surface area contributed by atoms with Crippen molar-refractivity contribution < 1.29 is 4.79 Å². The Morgan fingerprint density at radius 2 is 2.00 bits per heavy atom. The van der Waals surface area contributed by atoms with Gasteiger partial charge in [0.15, 0.2) is 0 Å². The van der Waals surface area contributed by atoms with Crippen LogP contribution in [0.4, 0.5) is 11.6 Å². The lowest BCUT2D eigenvalue weighted by molar-refractivity contribution is 0.0659. The number of hydrogen-bond acceptors (Lipinski definition) is 6. The Balaban J connectivity index is 1.54. The zero-order valence-corrected chi connectivity index (χ0v) is 18.4. The number of hydrogen-bond donors (Lipinski definition) is 2. The van der Waals surface area contributed by atoms with Crippen LogP contribution in [-0.4, -0.2) is 70.6 Å². The molecule has 0 atom stereocenters. The molecule has 2 aromatic heterocycles. The van der Waals surface area contributed by atoms with Crippen molar-refractivity contribution in [2.24, 2.45) is 4.99 Å². The maximum Gasteiger partial charge on any atom is 0.270 e. The van der Waals surface area contributed by atoms with Crippen LogP contribution in [0.15, 0.2) is 59.7 Å². The van der Waals surface area contributed by atoms with E-state index in [0.29, 0.717) is 23.0 Å². The molecule has 32 heavy (non-hydrogen) atoms. The Labute approximate surface area is 187 Å². The summed E-state index contributed by atoms with van der Waals surface area (Å²) in [6.07, 6.45) is 3.49. The summed E-state index contributed by atoms with van der Waals surface area (Å²) in [4.78, 5) is 33.1. The van der Waals surface area contributed by atoms with Gasteiger partial charge in [0.2, 0.25) is 5.95 Å². The number of benzene rings is 1. The van der Waals surface area contributed by atoms with Crippen molar-refractivity contribution in [3.05, 3.63) is 66.1 Å². The van der Waals surface area contributed by atoms with Crippen LogP contribution in [0.2, 0.25) is 0 Å². The Bertz CT molecular complexity index is 1200. The molecule has 0 aliphatic carbocycles. The normalized spacial score (nSPS) is 15.1. The van der Waals surface area contributed by atoms with Gasteiger partial charge in [0.05, 0.1) is 11.4 Å². The van der Waals surface area contributed by atoms with Gasteiger partial charge in [-0.15, -0.1) is 0 Å². The fourth-order valence-electron chi connectivity index (χ4n) is 3.63. The van der Waals surface area contributed by atoms with Gasteiger partial charge in [-0.2, -0.15) is 0 Å². The predicted octanol–water partition coefficient (Wildman–Crippen LogP) is 3.71. The van der Waals surface area contributed by atoms with Crippen LogP contribution in [0.3, 0.4) is 0 Å². The van der Waals surface area contributed by atoms with Crippen molar-refractivity contribution in [1.82, 2.24) is 24.8 Å². The molecule has 1 saturated heterocycles. The second-order valence-electron chi connectivity index (χ2n) is 8.01. The highest BCUT2D eigenvalue weighted by molar-refractivity contribution is 5.98. The highest BCUT2D eigenvalue weighted by Gasteiger charge is 2.21. The van der Waals surface area contributed by atoms with Gasteiger partial charge >= 0.3 is 0 Å². The van der Waals surface area contributed by atoms with Crippen LogP contribution in [-0.2, 0) is 0 Å². The predicted molar refractivity (Wildman–Crippen MR) is 129 cm³/mol. The van der Waals surface area contributed by atoms with E-state index < -0.39 is 0 Å². The SMILES string of the molecule is C=N/C(=C\C(=C)C)c1ccnc(Nc2ccc3[nH]c(C(=O)N4CCN(C)CC4)cc3c2)n1. The number of carbonyl (C=O) groups excluding carboxylic acids is 1. The summed E-state index contributed by atoms with van der Waals surface area (Å²) in [6.45, 7) is 12.7. The standard InChI is InChI=1S/C24H27N7O/c1-16(2)13-21(25-3)20-7-8-26-24(29-20)27-18-5-6-19-17(14-18)15-22(28-19)23(32)31-11-9-30(4)10-12-31/h5-8,13-15,28H,1,3,9-12H2,2,4H3,(H,26,27,29)/b21-13-. The molecular formula is C24H27N7O. The molecule has 3 heterocycles. The average Bonchev–Trinajstić information content (AvgIpc) is 3.21. The molecule has 0 saturated carbocycles. The van der Waals surface area contributed by atoms with Crippen LogP contribution in [0, 0.1) is 0 Å². The number of aromatic nitrogens is 3. The van der Waals surface area contributed by atoms with Crippen molar-refractivity contribution in [3.63, 3.8) is 0 Å². The summed E-state index contributed by atoms with van der Waals surface area (Å²) in [5.74, 6) is 0.482. The monoisotopic (exact) mass is 429 g/mol. The maximum absolute atomic E-state index is 12.9. The molecule has 3 aromatic rings. The molecule has 0 spiro atoms. The molecule has 4 rings (SSSR count). The number of rotatable bonds is 6. The van der Waals surface area contributed by atoms with E-state index in [0.717, 1.165) is 48.3 Å². The van der Waals surface area contributed by atoms with Gasteiger partial charge in [0.1, 0.15) is 5.69 Å². The molecule has 0 unspecified atom stereocenters. The first-order valence-electron chi connectivity index (χ1n) is 10.5. The zero-order chi connectivity index (χ0) is 22.7. The lowest BCUT2D eigenvalue weighted by Crippen LogP contribution is -2.47. The lowest BCUT2D eigenvalue weighted by Gasteiger charge is -2.32. The number of allylic oxidation sites excluding steroid dienone is 2. The number of fused-ring (bicyclic) bond motifs is 1. The van der Waals surface area contributed by atoms with Crippen molar-refractivity contribution in [2.75, 3.05) is 38.5 Å². The summed E-state index contributed by atoms with van der Waals surface area (Å²) in [7, 11) is 2.07. The first-order chi connectivity index (χ1) is 15.4. The van der Waals surface area contributed by atoms with Crippen LogP contribution in [0.5, 0.6) is 0 Å². The van der Waals surface area contributed by atoms with Gasteiger partial charge < -0.3 is 20.1 Å². The van der Waals surface area contributed by atoms with Crippen LogP contribution in [0.25, 0.3) is 16.6 Å². The van der Waals surface area contributed by atoms with Crippen molar-refractivity contribution >= 4 is 40.9 Å². The summed E-state index contributed by atoms with van der Waals surface area (Å²) in [5, 5.41) is 4.17. The summed E-state index contributed by atoms with van der Waals surface area (Å²) in [6, 6.07) is 9.52. The Hall–Kier alpha value is -3.78. The van der Waals surface area contributed by atoms with Gasteiger partial charge in [-0.1, -0.05) is 12.2 Å². The van der Waals surface area contributed by atoms with Crippen LogP contribution in [0.1, 0.15) is 23.1 Å². The first-order valence-corrected chi connectivity index (χ1v) is 10.5. The third-order valence-electron chi connectivity index (χ3n) is 5.37. The third kappa shape index (κ3) is 4.76.